The molecule has 34 heavy (non-hydrogen) atoms. The molecule has 1 saturated carbocycles. The number of carbonyl (C=O) groups is 3. The Bertz CT molecular complexity index is 1020. The third-order valence-electron chi connectivity index (χ3n) is 6.88. The average molecular weight is 465 g/mol. The number of benzene rings is 2. The predicted octanol–water partition coefficient (Wildman–Crippen LogP) is 4.17. The van der Waals surface area contributed by atoms with Crippen LogP contribution in [0.1, 0.15) is 50.2 Å². The van der Waals surface area contributed by atoms with Gasteiger partial charge in [0.1, 0.15) is 6.61 Å². The van der Waals surface area contributed by atoms with Crippen LogP contribution in [-0.4, -0.2) is 42.3 Å². The SMILES string of the molecule is CC(C)C(CNC(=O)CC(NC(=O)OCC1c2ccccc2-c2ccccc21)C1CC1)C(=O)O. The molecular formula is C27H32N2O5. The van der Waals surface area contributed by atoms with E-state index < -0.39 is 18.0 Å². The van der Waals surface area contributed by atoms with Gasteiger partial charge in [-0.25, -0.2) is 4.79 Å². The molecule has 2 amide bonds. The van der Waals surface area contributed by atoms with Crippen LogP contribution in [0.15, 0.2) is 48.5 Å². The van der Waals surface area contributed by atoms with Crippen LogP contribution in [-0.2, 0) is 14.3 Å². The number of amides is 2. The number of nitrogens with one attached hydrogen (secondary N) is 2. The number of carboxylic acids is 1. The Morgan fingerprint density at radius 3 is 2.12 bits per heavy atom. The van der Waals surface area contributed by atoms with Gasteiger partial charge in [-0.1, -0.05) is 62.4 Å². The van der Waals surface area contributed by atoms with Crippen LogP contribution in [0.2, 0.25) is 0 Å². The third kappa shape index (κ3) is 5.41. The maximum absolute atomic E-state index is 12.6. The fourth-order valence-corrected chi connectivity index (χ4v) is 4.73. The molecule has 2 atom stereocenters. The van der Waals surface area contributed by atoms with Gasteiger partial charge >= 0.3 is 12.1 Å². The molecule has 4 rings (SSSR count). The second-order valence-electron chi connectivity index (χ2n) is 9.61. The van der Waals surface area contributed by atoms with Gasteiger partial charge in [0.05, 0.1) is 5.92 Å². The first-order chi connectivity index (χ1) is 16.3. The van der Waals surface area contributed by atoms with Crippen molar-refractivity contribution in [2.75, 3.05) is 13.2 Å². The van der Waals surface area contributed by atoms with E-state index in [1.165, 1.54) is 11.1 Å². The molecule has 3 N–H and O–H groups in total. The van der Waals surface area contributed by atoms with Crippen LogP contribution >= 0.6 is 0 Å². The number of carboxylic acid groups (broad SMARTS) is 1. The fourth-order valence-electron chi connectivity index (χ4n) is 4.73. The standard InChI is InChI=1S/C27H32N2O5/c1-16(2)22(26(31)32)14-28-25(30)13-24(17-11-12-17)29-27(33)34-15-23-20-9-5-3-7-18(20)19-8-4-6-10-21(19)23/h3-10,16-17,22-24H,11-15H2,1-2H3,(H,28,30)(H,29,33)(H,31,32). The number of carbonyl (C=O) groups excluding carboxylic acids is 2. The summed E-state index contributed by atoms with van der Waals surface area (Å²) >= 11 is 0. The summed E-state index contributed by atoms with van der Waals surface area (Å²) in [6.45, 7) is 3.93. The highest BCUT2D eigenvalue weighted by Crippen LogP contribution is 2.44. The van der Waals surface area contributed by atoms with Gasteiger partial charge in [-0.15, -0.1) is 0 Å². The third-order valence-corrected chi connectivity index (χ3v) is 6.88. The van der Waals surface area contributed by atoms with Gasteiger partial charge in [0.25, 0.3) is 0 Å². The Morgan fingerprint density at radius 2 is 1.59 bits per heavy atom. The van der Waals surface area contributed by atoms with E-state index in [0.717, 1.165) is 24.0 Å². The van der Waals surface area contributed by atoms with Crippen molar-refractivity contribution in [3.05, 3.63) is 59.7 Å². The van der Waals surface area contributed by atoms with E-state index >= 15 is 0 Å². The molecule has 0 bridgehead atoms. The van der Waals surface area contributed by atoms with Crippen molar-refractivity contribution in [3.63, 3.8) is 0 Å². The lowest BCUT2D eigenvalue weighted by molar-refractivity contribution is -0.143. The zero-order valence-corrected chi connectivity index (χ0v) is 19.6. The molecule has 1 fully saturated rings. The van der Waals surface area contributed by atoms with Gasteiger partial charge < -0.3 is 20.5 Å². The van der Waals surface area contributed by atoms with E-state index in [1.54, 1.807) is 0 Å². The lowest BCUT2D eigenvalue weighted by atomic mass is 9.96. The van der Waals surface area contributed by atoms with Crippen LogP contribution in [0.25, 0.3) is 11.1 Å². The van der Waals surface area contributed by atoms with Crippen molar-refractivity contribution in [2.24, 2.45) is 17.8 Å². The van der Waals surface area contributed by atoms with Crippen molar-refractivity contribution >= 4 is 18.0 Å². The topological polar surface area (TPSA) is 105 Å². The number of ether oxygens (including phenoxy) is 1. The number of aliphatic carboxylic acids is 1. The van der Waals surface area contributed by atoms with Crippen molar-refractivity contribution in [1.82, 2.24) is 10.6 Å². The first-order valence-corrected chi connectivity index (χ1v) is 12.0. The second-order valence-corrected chi connectivity index (χ2v) is 9.61. The first-order valence-electron chi connectivity index (χ1n) is 12.0. The number of hydrogen-bond acceptors (Lipinski definition) is 4. The summed E-state index contributed by atoms with van der Waals surface area (Å²) in [6.07, 6.45) is 1.48. The Hall–Kier alpha value is -3.35. The molecule has 0 heterocycles. The quantitative estimate of drug-likeness (QED) is 0.490. The van der Waals surface area contributed by atoms with Crippen LogP contribution in [0.4, 0.5) is 4.79 Å². The smallest absolute Gasteiger partial charge is 0.407 e. The lowest BCUT2D eigenvalue weighted by Crippen LogP contribution is -2.42. The molecule has 0 aromatic heterocycles. The molecule has 0 radical (unpaired) electrons. The van der Waals surface area contributed by atoms with E-state index in [0.29, 0.717) is 0 Å². The van der Waals surface area contributed by atoms with Gasteiger partial charge in [0.15, 0.2) is 0 Å². The number of fused-ring (bicyclic) bond motifs is 3. The Labute approximate surface area is 199 Å². The summed E-state index contributed by atoms with van der Waals surface area (Å²) in [5, 5.41) is 14.9. The minimum atomic E-state index is -0.925. The monoisotopic (exact) mass is 464 g/mol. The molecule has 2 unspecified atom stereocenters. The fraction of sp³-hybridized carbons (Fsp3) is 0.444. The number of alkyl carbamates (subject to hydrolysis) is 1. The number of rotatable bonds is 10. The molecule has 2 aliphatic carbocycles. The molecule has 180 valence electrons. The highest BCUT2D eigenvalue weighted by Gasteiger charge is 2.35. The van der Waals surface area contributed by atoms with Gasteiger partial charge in [0.2, 0.25) is 5.91 Å². The zero-order chi connectivity index (χ0) is 24.2. The first kappa shape index (κ1) is 23.8. The molecule has 0 saturated heterocycles. The van der Waals surface area contributed by atoms with Crippen molar-refractivity contribution in [1.29, 1.82) is 0 Å². The predicted molar refractivity (Wildman–Crippen MR) is 128 cm³/mol. The highest BCUT2D eigenvalue weighted by molar-refractivity contribution is 5.80. The molecule has 7 nitrogen and oxygen atoms in total. The van der Waals surface area contributed by atoms with Gasteiger partial charge in [-0.2, -0.15) is 0 Å². The zero-order valence-electron chi connectivity index (χ0n) is 19.6. The summed E-state index contributed by atoms with van der Waals surface area (Å²) in [6, 6.07) is 16.0. The van der Waals surface area contributed by atoms with Crippen molar-refractivity contribution < 1.29 is 24.2 Å². The van der Waals surface area contributed by atoms with Crippen LogP contribution < -0.4 is 10.6 Å². The van der Waals surface area contributed by atoms with Gasteiger partial charge in [-0.05, 0) is 46.9 Å². The molecule has 0 aliphatic heterocycles. The summed E-state index contributed by atoms with van der Waals surface area (Å²) < 4.78 is 5.63. The Morgan fingerprint density at radius 1 is 1.00 bits per heavy atom. The van der Waals surface area contributed by atoms with Crippen LogP contribution in [0.3, 0.4) is 0 Å². The molecule has 7 heteroatoms. The van der Waals surface area contributed by atoms with E-state index in [2.05, 4.69) is 34.9 Å². The van der Waals surface area contributed by atoms with Crippen molar-refractivity contribution in [2.45, 2.75) is 45.1 Å². The van der Waals surface area contributed by atoms with Crippen molar-refractivity contribution in [3.8, 4) is 11.1 Å². The maximum Gasteiger partial charge on any atom is 0.407 e. The normalized spacial score (nSPS) is 16.3. The minimum Gasteiger partial charge on any atom is -0.481 e. The molecule has 0 spiro atoms. The molecule has 2 aromatic carbocycles. The average Bonchev–Trinajstić information content (AvgIpc) is 3.60. The summed E-state index contributed by atoms with van der Waals surface area (Å²) in [7, 11) is 0. The summed E-state index contributed by atoms with van der Waals surface area (Å²) in [5.41, 5.74) is 4.63. The largest absolute Gasteiger partial charge is 0.481 e. The van der Waals surface area contributed by atoms with E-state index in [-0.39, 0.29) is 49.3 Å². The second kappa shape index (κ2) is 10.3. The molecular weight excluding hydrogens is 432 g/mol. The van der Waals surface area contributed by atoms with E-state index in [4.69, 9.17) is 4.74 Å². The molecule has 2 aliphatic rings. The Balaban J connectivity index is 1.32. The van der Waals surface area contributed by atoms with Crippen LogP contribution in [0, 0.1) is 17.8 Å². The maximum atomic E-state index is 12.6. The van der Waals surface area contributed by atoms with E-state index in [9.17, 15) is 19.5 Å². The van der Waals surface area contributed by atoms with Gasteiger partial charge in [-0.3, -0.25) is 9.59 Å². The van der Waals surface area contributed by atoms with Gasteiger partial charge in [0, 0.05) is 24.9 Å². The van der Waals surface area contributed by atoms with Crippen LogP contribution in [0.5, 0.6) is 0 Å². The van der Waals surface area contributed by atoms with E-state index in [1.807, 2.05) is 38.1 Å². The molecule has 2 aromatic rings. The Kier molecular flexibility index (Phi) is 7.20. The number of hydrogen-bond donors (Lipinski definition) is 3. The lowest BCUT2D eigenvalue weighted by Gasteiger charge is -2.21. The summed E-state index contributed by atoms with van der Waals surface area (Å²) in [4.78, 5) is 36.5. The minimum absolute atomic E-state index is 0.0233. The summed E-state index contributed by atoms with van der Waals surface area (Å²) in [5.74, 6) is -1.70. The highest BCUT2D eigenvalue weighted by atomic mass is 16.5.